The van der Waals surface area contributed by atoms with E-state index < -0.39 is 0 Å². The van der Waals surface area contributed by atoms with Crippen molar-refractivity contribution in [1.29, 1.82) is 0 Å². The van der Waals surface area contributed by atoms with Crippen molar-refractivity contribution in [1.82, 2.24) is 0 Å². The molecule has 10 nitrogen and oxygen atoms in total. The van der Waals surface area contributed by atoms with Gasteiger partial charge in [-0.25, -0.2) is 0 Å². The largest absolute Gasteiger partial charge is 0.376 e. The minimum Gasteiger partial charge on any atom is -0.376 e. The lowest BCUT2D eigenvalue weighted by Crippen LogP contribution is -2.28. The van der Waals surface area contributed by atoms with Gasteiger partial charge < -0.3 is 49.0 Å². The van der Waals surface area contributed by atoms with E-state index in [-0.39, 0.29) is 0 Å². The fourth-order valence-corrected chi connectivity index (χ4v) is 12.6. The molecule has 0 fully saturated rings. The van der Waals surface area contributed by atoms with E-state index in [2.05, 4.69) is 258 Å². The van der Waals surface area contributed by atoms with Gasteiger partial charge in [0.25, 0.3) is 0 Å². The van der Waals surface area contributed by atoms with Gasteiger partial charge in [-0.15, -0.1) is 0 Å². The molecule has 5 aromatic carbocycles. The molecule has 490 valence electrons. The maximum absolute atomic E-state index is 2.68. The Kier molecular flexibility index (Phi) is 33.1. The Labute approximate surface area is 541 Å². The van der Waals surface area contributed by atoms with Crippen molar-refractivity contribution in [2.24, 2.45) is 0 Å². The summed E-state index contributed by atoms with van der Waals surface area (Å²) in [6.07, 6.45) is 29.4. The van der Waals surface area contributed by atoms with Crippen LogP contribution in [0.5, 0.6) is 0 Å². The van der Waals surface area contributed by atoms with Crippen molar-refractivity contribution in [3.8, 4) is 0 Å². The van der Waals surface area contributed by atoms with Crippen molar-refractivity contribution in [3.05, 3.63) is 97.1 Å². The predicted octanol–water partition coefficient (Wildman–Crippen LogP) is 21.6. The number of benzene rings is 5. The molecular formula is C78H128N10. The molecule has 0 saturated carbocycles. The number of nitrogens with zero attached hydrogens (tertiary/aromatic N) is 10. The minimum atomic E-state index is 1.07. The molecule has 10 heteroatoms. The van der Waals surface area contributed by atoms with E-state index in [1.54, 1.807) is 0 Å². The van der Waals surface area contributed by atoms with Gasteiger partial charge in [-0.2, -0.15) is 0 Å². The van der Waals surface area contributed by atoms with Gasteiger partial charge in [-0.3, -0.25) is 0 Å². The molecular weight excluding hydrogens is 1080 g/mol. The zero-order chi connectivity index (χ0) is 63.8. The van der Waals surface area contributed by atoms with E-state index in [9.17, 15) is 0 Å². The summed E-state index contributed by atoms with van der Waals surface area (Å²) in [5.74, 6) is 0. The fraction of sp³-hybridized carbons (Fsp3) is 0.615. The first kappa shape index (κ1) is 72.8. The molecule has 5 aromatic rings. The summed E-state index contributed by atoms with van der Waals surface area (Å²) < 4.78 is 0. The number of rotatable bonds is 46. The summed E-state index contributed by atoms with van der Waals surface area (Å²) >= 11 is 0. The van der Waals surface area contributed by atoms with Crippen LogP contribution >= 0.6 is 0 Å². The lowest BCUT2D eigenvalue weighted by Gasteiger charge is -2.34. The van der Waals surface area contributed by atoms with Gasteiger partial charge in [0.05, 0.1) is 45.5 Å². The predicted molar refractivity (Wildman–Crippen MR) is 398 cm³/mol. The van der Waals surface area contributed by atoms with Crippen LogP contribution in [0.1, 0.15) is 209 Å². The van der Waals surface area contributed by atoms with Crippen molar-refractivity contribution >= 4 is 79.6 Å². The number of unbranched alkanes of at least 4 members (excludes halogenated alkanes) is 16. The van der Waals surface area contributed by atoms with Gasteiger partial charge in [-0.1, -0.05) is 158 Å². The van der Waals surface area contributed by atoms with E-state index in [1.165, 1.54) is 200 Å². The molecule has 0 unspecified atom stereocenters. The molecule has 0 amide bonds. The average Bonchev–Trinajstić information content (AvgIpc) is 1.62. The van der Waals surface area contributed by atoms with E-state index in [0.29, 0.717) is 0 Å². The molecule has 0 spiro atoms. The highest BCUT2D eigenvalue weighted by Crippen LogP contribution is 2.47. The molecule has 0 bridgehead atoms. The summed E-state index contributed by atoms with van der Waals surface area (Å²) in [4.78, 5) is 25.1. The summed E-state index contributed by atoms with van der Waals surface area (Å²) in [5, 5.41) is 0. The zero-order valence-electron chi connectivity index (χ0n) is 59.3. The van der Waals surface area contributed by atoms with Gasteiger partial charge in [0, 0.05) is 143 Å². The monoisotopic (exact) mass is 1210 g/mol. The molecule has 0 atom stereocenters. The van der Waals surface area contributed by atoms with E-state index in [4.69, 9.17) is 0 Å². The molecule has 0 aromatic heterocycles. The third kappa shape index (κ3) is 21.7. The minimum absolute atomic E-state index is 1.07. The maximum atomic E-state index is 2.68. The van der Waals surface area contributed by atoms with Crippen molar-refractivity contribution in [2.45, 2.75) is 209 Å². The number of hydrogen-bond donors (Lipinski definition) is 0. The van der Waals surface area contributed by atoms with Gasteiger partial charge >= 0.3 is 0 Å². The van der Waals surface area contributed by atoms with Crippen LogP contribution in [0.25, 0.3) is 0 Å². The molecule has 0 saturated heterocycles. The van der Waals surface area contributed by atoms with Crippen molar-refractivity contribution in [3.63, 3.8) is 0 Å². The fourth-order valence-electron chi connectivity index (χ4n) is 12.6. The molecule has 5 rings (SSSR count). The standard InChI is InChI=1S/C78H128N10/c1-17-25-33-53-83(54-34-26-18-2)71-49-45-67(61-75(71)79(9)10)87(68-46-50-72(76(62-68)80(11)12)84(55-35-27-19-3)56-36-28-20-4)65-41-43-66(44-42-65)88(69-47-51-73(77(63-69)81(13)14)85(57-37-29-21-5)58-38-30-22-6)70-48-52-74(78(64-70)82(15)16)86(59-39-31-23-7)60-40-32-24-8/h41-52,61-64H,17-40,53-60H2,1-16H3. The quantitative estimate of drug-likeness (QED) is 0.0351. The summed E-state index contributed by atoms with van der Waals surface area (Å²) in [5.41, 5.74) is 17.2. The smallest absolute Gasteiger partial charge is 0.0619 e. The number of hydrogen-bond acceptors (Lipinski definition) is 10. The molecule has 0 aliphatic carbocycles. The van der Waals surface area contributed by atoms with Crippen LogP contribution in [0.3, 0.4) is 0 Å². The normalized spacial score (nSPS) is 11.3. The van der Waals surface area contributed by atoms with Crippen molar-refractivity contribution in [2.75, 3.05) is 158 Å². The molecule has 88 heavy (non-hydrogen) atoms. The van der Waals surface area contributed by atoms with Gasteiger partial charge in [0.2, 0.25) is 0 Å². The SMILES string of the molecule is CCCCCN(CCCCC)c1ccc(N(c2ccc(N(c3ccc(N(CCCCC)CCCCC)c(N(C)C)c3)c3ccc(N(CCCCC)CCCCC)c(N(C)C)c3)cc2)c2ccc(N(CCCCC)CCCCC)c(N(C)C)c2)cc1N(C)C. The highest BCUT2D eigenvalue weighted by Gasteiger charge is 2.25. The van der Waals surface area contributed by atoms with Crippen LogP contribution in [0, 0.1) is 0 Å². The second-order valence-corrected chi connectivity index (χ2v) is 26.1. The maximum Gasteiger partial charge on any atom is 0.0619 e. The molecule has 0 aliphatic heterocycles. The first-order valence-corrected chi connectivity index (χ1v) is 35.7. The number of anilines is 14. The molecule has 0 radical (unpaired) electrons. The van der Waals surface area contributed by atoms with Crippen LogP contribution in [-0.2, 0) is 0 Å². The molecule has 0 aliphatic rings. The average molecular weight is 1210 g/mol. The van der Waals surface area contributed by atoms with Crippen LogP contribution in [-0.4, -0.2) is 109 Å². The Balaban J connectivity index is 1.81. The van der Waals surface area contributed by atoms with Crippen LogP contribution in [0.2, 0.25) is 0 Å². The van der Waals surface area contributed by atoms with Crippen molar-refractivity contribution < 1.29 is 0 Å². The second kappa shape index (κ2) is 40.0. The first-order valence-electron chi connectivity index (χ1n) is 35.7. The second-order valence-electron chi connectivity index (χ2n) is 26.1. The summed E-state index contributed by atoms with van der Waals surface area (Å²) in [6, 6.07) is 38.7. The molecule has 0 N–H and O–H groups in total. The highest BCUT2D eigenvalue weighted by molar-refractivity contribution is 5.90. The highest BCUT2D eigenvalue weighted by atomic mass is 15.2. The Morgan fingerprint density at radius 3 is 0.500 bits per heavy atom. The van der Waals surface area contributed by atoms with E-state index >= 15 is 0 Å². The lowest BCUT2D eigenvalue weighted by molar-refractivity contribution is 0.636. The molecule has 0 heterocycles. The van der Waals surface area contributed by atoms with Gasteiger partial charge in [0.1, 0.15) is 0 Å². The Morgan fingerprint density at radius 1 is 0.193 bits per heavy atom. The van der Waals surface area contributed by atoms with E-state index in [0.717, 1.165) is 86.5 Å². The van der Waals surface area contributed by atoms with Crippen LogP contribution in [0.15, 0.2) is 97.1 Å². The van der Waals surface area contributed by atoms with Crippen LogP contribution in [0.4, 0.5) is 79.6 Å². The topological polar surface area (TPSA) is 32.4 Å². The van der Waals surface area contributed by atoms with Gasteiger partial charge in [-0.05, 0) is 148 Å². The first-order chi connectivity index (χ1) is 42.7. The lowest BCUT2D eigenvalue weighted by atomic mass is 10.1. The van der Waals surface area contributed by atoms with Crippen LogP contribution < -0.4 is 49.0 Å². The third-order valence-electron chi connectivity index (χ3n) is 17.8. The van der Waals surface area contributed by atoms with Gasteiger partial charge in [0.15, 0.2) is 0 Å². The zero-order valence-corrected chi connectivity index (χ0v) is 59.3. The van der Waals surface area contributed by atoms with E-state index in [1.807, 2.05) is 0 Å². The Bertz CT molecular complexity index is 2300. The Morgan fingerprint density at radius 2 is 0.352 bits per heavy atom. The summed E-state index contributed by atoms with van der Waals surface area (Å²) in [7, 11) is 17.8. The third-order valence-corrected chi connectivity index (χ3v) is 17.8. The Hall–Kier alpha value is -5.90. The summed E-state index contributed by atoms with van der Waals surface area (Å²) in [6.45, 7) is 27.1.